The molecular formula is C17H27NO3. The molecule has 118 valence electrons. The summed E-state index contributed by atoms with van der Waals surface area (Å²) < 4.78 is 10.4. The molecule has 21 heavy (non-hydrogen) atoms. The lowest BCUT2D eigenvalue weighted by molar-refractivity contribution is -0.125. The zero-order valence-electron chi connectivity index (χ0n) is 13.8. The van der Waals surface area contributed by atoms with Gasteiger partial charge in [-0.15, -0.1) is 0 Å². The van der Waals surface area contributed by atoms with Crippen molar-refractivity contribution in [2.75, 3.05) is 32.7 Å². The molecule has 1 N–H and O–H groups in total. The van der Waals surface area contributed by atoms with E-state index in [9.17, 15) is 4.79 Å². The SMILES string of the molecule is COCCCNc1cc(CC(=O)C(C)(C)C)ccc1OC. The molecule has 0 heterocycles. The van der Waals surface area contributed by atoms with Gasteiger partial charge in [-0.2, -0.15) is 0 Å². The molecule has 0 amide bonds. The van der Waals surface area contributed by atoms with Crippen LogP contribution in [0.5, 0.6) is 5.75 Å². The molecule has 0 atom stereocenters. The third kappa shape index (κ3) is 5.76. The first kappa shape index (κ1) is 17.5. The second kappa shape index (κ2) is 8.03. The highest BCUT2D eigenvalue weighted by Gasteiger charge is 2.21. The quantitative estimate of drug-likeness (QED) is 0.747. The van der Waals surface area contributed by atoms with Crippen LogP contribution in [0.25, 0.3) is 0 Å². The smallest absolute Gasteiger partial charge is 0.142 e. The molecule has 0 saturated carbocycles. The maximum Gasteiger partial charge on any atom is 0.142 e. The third-order valence-corrected chi connectivity index (χ3v) is 3.31. The maximum absolute atomic E-state index is 12.1. The molecule has 0 aromatic heterocycles. The van der Waals surface area contributed by atoms with Crippen molar-refractivity contribution in [3.05, 3.63) is 23.8 Å². The van der Waals surface area contributed by atoms with Gasteiger partial charge in [-0.25, -0.2) is 0 Å². The topological polar surface area (TPSA) is 47.6 Å². The number of nitrogens with one attached hydrogen (secondary N) is 1. The Kier molecular flexibility index (Phi) is 6.69. The molecule has 1 aromatic rings. The highest BCUT2D eigenvalue weighted by atomic mass is 16.5. The van der Waals surface area contributed by atoms with Gasteiger partial charge in [0.1, 0.15) is 11.5 Å². The summed E-state index contributed by atoms with van der Waals surface area (Å²) in [5.74, 6) is 1.03. The van der Waals surface area contributed by atoms with Gasteiger partial charge in [0.25, 0.3) is 0 Å². The first-order valence-corrected chi connectivity index (χ1v) is 7.31. The number of methoxy groups -OCH3 is 2. The summed E-state index contributed by atoms with van der Waals surface area (Å²) in [6, 6.07) is 5.85. The van der Waals surface area contributed by atoms with Gasteiger partial charge < -0.3 is 14.8 Å². The van der Waals surface area contributed by atoms with Crippen LogP contribution in [0.3, 0.4) is 0 Å². The van der Waals surface area contributed by atoms with Gasteiger partial charge in [0, 0.05) is 32.1 Å². The van der Waals surface area contributed by atoms with E-state index in [0.717, 1.165) is 36.6 Å². The first-order chi connectivity index (χ1) is 9.88. The van der Waals surface area contributed by atoms with E-state index < -0.39 is 0 Å². The first-order valence-electron chi connectivity index (χ1n) is 7.31. The number of rotatable bonds is 8. The van der Waals surface area contributed by atoms with Crippen molar-refractivity contribution in [3.63, 3.8) is 0 Å². The number of benzene rings is 1. The predicted molar refractivity (Wildman–Crippen MR) is 86.1 cm³/mol. The average Bonchev–Trinajstić information content (AvgIpc) is 2.43. The lowest BCUT2D eigenvalue weighted by Crippen LogP contribution is -2.22. The van der Waals surface area contributed by atoms with E-state index in [1.54, 1.807) is 14.2 Å². The van der Waals surface area contributed by atoms with Crippen molar-refractivity contribution in [2.24, 2.45) is 5.41 Å². The van der Waals surface area contributed by atoms with Crippen LogP contribution in [0.2, 0.25) is 0 Å². The van der Waals surface area contributed by atoms with E-state index in [2.05, 4.69) is 5.32 Å². The molecule has 4 heteroatoms. The number of hydrogen-bond donors (Lipinski definition) is 1. The zero-order valence-corrected chi connectivity index (χ0v) is 13.8. The molecule has 0 spiro atoms. The fourth-order valence-electron chi connectivity index (χ4n) is 1.89. The Balaban J connectivity index is 2.77. The number of Topliss-reactive ketones (excluding diaryl/α,β-unsaturated/α-hetero) is 1. The number of anilines is 1. The van der Waals surface area contributed by atoms with Crippen molar-refractivity contribution in [2.45, 2.75) is 33.6 Å². The molecule has 4 nitrogen and oxygen atoms in total. The molecule has 1 aromatic carbocycles. The highest BCUT2D eigenvalue weighted by Crippen LogP contribution is 2.27. The van der Waals surface area contributed by atoms with E-state index in [-0.39, 0.29) is 11.2 Å². The minimum atomic E-state index is -0.314. The van der Waals surface area contributed by atoms with Gasteiger partial charge in [-0.1, -0.05) is 26.8 Å². The minimum Gasteiger partial charge on any atom is -0.495 e. The average molecular weight is 293 g/mol. The molecule has 0 fully saturated rings. The normalized spacial score (nSPS) is 11.3. The van der Waals surface area contributed by atoms with Crippen LogP contribution in [-0.2, 0) is 16.0 Å². The lowest BCUT2D eigenvalue weighted by Gasteiger charge is -2.17. The summed E-state index contributed by atoms with van der Waals surface area (Å²) in [5.41, 5.74) is 1.61. The van der Waals surface area contributed by atoms with Gasteiger partial charge in [0.05, 0.1) is 12.8 Å². The Labute approximate surface area is 127 Å². The molecule has 0 aliphatic rings. The standard InChI is InChI=1S/C17H27NO3/c1-17(2,3)16(19)12-13-7-8-15(21-5)14(11-13)18-9-6-10-20-4/h7-8,11,18H,6,9-10,12H2,1-5H3. The highest BCUT2D eigenvalue weighted by molar-refractivity contribution is 5.86. The number of carbonyl (C=O) groups is 1. The Hall–Kier alpha value is -1.55. The summed E-state index contributed by atoms with van der Waals surface area (Å²) in [5, 5.41) is 3.34. The number of carbonyl (C=O) groups excluding carboxylic acids is 1. The Morgan fingerprint density at radius 1 is 1.24 bits per heavy atom. The molecule has 0 unspecified atom stereocenters. The number of ether oxygens (including phenoxy) is 2. The molecule has 0 saturated heterocycles. The van der Waals surface area contributed by atoms with Crippen LogP contribution < -0.4 is 10.1 Å². The van der Waals surface area contributed by atoms with Crippen molar-refractivity contribution < 1.29 is 14.3 Å². The van der Waals surface area contributed by atoms with Gasteiger partial charge in [0.15, 0.2) is 0 Å². The fraction of sp³-hybridized carbons (Fsp3) is 0.588. The Morgan fingerprint density at radius 3 is 2.52 bits per heavy atom. The fourth-order valence-corrected chi connectivity index (χ4v) is 1.89. The van der Waals surface area contributed by atoms with Crippen LogP contribution in [0.4, 0.5) is 5.69 Å². The molecule has 0 bridgehead atoms. The Bertz CT molecular complexity index is 464. The molecule has 0 radical (unpaired) electrons. The van der Waals surface area contributed by atoms with Crippen LogP contribution >= 0.6 is 0 Å². The van der Waals surface area contributed by atoms with Gasteiger partial charge in [0.2, 0.25) is 0 Å². The van der Waals surface area contributed by atoms with Crippen molar-refractivity contribution in [1.29, 1.82) is 0 Å². The second-order valence-corrected chi connectivity index (χ2v) is 6.16. The van der Waals surface area contributed by atoms with Gasteiger partial charge in [-0.05, 0) is 24.1 Å². The van der Waals surface area contributed by atoms with Crippen LogP contribution in [0.1, 0.15) is 32.8 Å². The zero-order chi connectivity index (χ0) is 15.9. The van der Waals surface area contributed by atoms with E-state index in [4.69, 9.17) is 9.47 Å². The summed E-state index contributed by atoms with van der Waals surface area (Å²) in [6.07, 6.45) is 1.37. The minimum absolute atomic E-state index is 0.234. The summed E-state index contributed by atoms with van der Waals surface area (Å²) in [7, 11) is 3.34. The van der Waals surface area contributed by atoms with Crippen molar-refractivity contribution in [3.8, 4) is 5.75 Å². The third-order valence-electron chi connectivity index (χ3n) is 3.31. The maximum atomic E-state index is 12.1. The summed E-state index contributed by atoms with van der Waals surface area (Å²) >= 11 is 0. The lowest BCUT2D eigenvalue weighted by atomic mass is 9.87. The summed E-state index contributed by atoms with van der Waals surface area (Å²) in [4.78, 5) is 12.1. The van der Waals surface area contributed by atoms with Crippen LogP contribution in [0, 0.1) is 5.41 Å². The van der Waals surface area contributed by atoms with Crippen molar-refractivity contribution >= 4 is 11.5 Å². The molecular weight excluding hydrogens is 266 g/mol. The van der Waals surface area contributed by atoms with E-state index in [1.165, 1.54) is 0 Å². The molecule has 0 aliphatic carbocycles. The molecule has 0 aliphatic heterocycles. The van der Waals surface area contributed by atoms with Gasteiger partial charge in [-0.3, -0.25) is 4.79 Å². The van der Waals surface area contributed by atoms with Gasteiger partial charge >= 0.3 is 0 Å². The second-order valence-electron chi connectivity index (χ2n) is 6.16. The van der Waals surface area contributed by atoms with Crippen molar-refractivity contribution in [1.82, 2.24) is 0 Å². The Morgan fingerprint density at radius 2 is 1.95 bits per heavy atom. The largest absolute Gasteiger partial charge is 0.495 e. The number of ketones is 1. The summed E-state index contributed by atoms with van der Waals surface area (Å²) in [6.45, 7) is 7.37. The molecule has 1 rings (SSSR count). The number of hydrogen-bond acceptors (Lipinski definition) is 4. The van der Waals surface area contributed by atoms with Crippen LogP contribution in [-0.4, -0.2) is 33.2 Å². The van der Waals surface area contributed by atoms with E-state index >= 15 is 0 Å². The van der Waals surface area contributed by atoms with E-state index in [1.807, 2.05) is 39.0 Å². The van der Waals surface area contributed by atoms with E-state index in [0.29, 0.717) is 6.42 Å². The monoisotopic (exact) mass is 293 g/mol. The predicted octanol–water partition coefficient (Wildman–Crippen LogP) is 3.30. The van der Waals surface area contributed by atoms with Crippen LogP contribution in [0.15, 0.2) is 18.2 Å².